The Kier molecular flexibility index (Phi) is 12.3. The summed E-state index contributed by atoms with van der Waals surface area (Å²) in [5.74, 6) is -0.703. The molecule has 2 aromatic carbocycles. The van der Waals surface area contributed by atoms with Crippen LogP contribution in [0.1, 0.15) is 68.2 Å². The van der Waals surface area contributed by atoms with Crippen molar-refractivity contribution in [3.63, 3.8) is 0 Å². The quantitative estimate of drug-likeness (QED) is 0.160. The van der Waals surface area contributed by atoms with Crippen LogP contribution in [0.3, 0.4) is 0 Å². The number of aryl methyl sites for hydroxylation is 1. The van der Waals surface area contributed by atoms with Crippen LogP contribution in [0.25, 0.3) is 16.6 Å². The third-order valence-corrected chi connectivity index (χ3v) is 10.5. The molecule has 1 N–H and O–H groups in total. The fourth-order valence-electron chi connectivity index (χ4n) is 7.19. The van der Waals surface area contributed by atoms with Gasteiger partial charge in [-0.15, -0.1) is 0 Å². The van der Waals surface area contributed by atoms with Crippen LogP contribution < -0.4 is 15.6 Å². The first-order chi connectivity index (χ1) is 24.6. The predicted molar refractivity (Wildman–Crippen MR) is 200 cm³/mol. The van der Waals surface area contributed by atoms with E-state index in [2.05, 4.69) is 59.5 Å². The highest BCUT2D eigenvalue weighted by molar-refractivity contribution is 5.88. The van der Waals surface area contributed by atoms with Crippen molar-refractivity contribution in [1.29, 1.82) is 0 Å². The molecule has 1 aromatic heterocycles. The molecule has 0 bridgehead atoms. The molecule has 3 aliphatic rings. The molecule has 2 heterocycles. The lowest BCUT2D eigenvalue weighted by Gasteiger charge is -2.35. The molecule has 3 aromatic rings. The zero-order valence-electron chi connectivity index (χ0n) is 30.5. The standard InChI is InChI=1S/C40H47F3N4O2.CH3F/c1-6-26(2)36(44-39(49-5)40(15-16-40)30-11-9-7-8-10-12-30)32-25-47(24-29-14-13-28(38(42)43)22-33(29)41)35-23-34(27(3)21-31(35)37(32)48)46-19-17-45(4)18-20-46;1-2/h7-9,11-14,21-23,25,38-39,44H,6,10,15-20,24H2,1-5H3;1H3. The second kappa shape index (κ2) is 16.5. The van der Waals surface area contributed by atoms with E-state index in [9.17, 15) is 18.0 Å². The first-order valence-corrected chi connectivity index (χ1v) is 17.6. The normalized spacial score (nSPS) is 18.2. The maximum Gasteiger partial charge on any atom is 0.263 e. The summed E-state index contributed by atoms with van der Waals surface area (Å²) in [6.45, 7) is 9.71. The number of likely N-dealkylation sites (N-methyl/N-ethyl adjacent to an activating group) is 1. The molecule has 6 rings (SSSR count). The highest BCUT2D eigenvalue weighted by atomic mass is 19.3. The molecule has 0 spiro atoms. The van der Waals surface area contributed by atoms with Crippen molar-refractivity contribution in [2.75, 3.05) is 52.4 Å². The number of hydrogen-bond donors (Lipinski definition) is 1. The predicted octanol–water partition coefficient (Wildman–Crippen LogP) is 8.70. The van der Waals surface area contributed by atoms with Gasteiger partial charge in [0.2, 0.25) is 0 Å². The number of rotatable bonds is 11. The van der Waals surface area contributed by atoms with E-state index in [1.165, 1.54) is 17.7 Å². The first kappa shape index (κ1) is 38.1. The van der Waals surface area contributed by atoms with E-state index in [0.717, 1.165) is 68.3 Å². The molecule has 1 aliphatic heterocycles. The average molecular weight is 707 g/mol. The van der Waals surface area contributed by atoms with E-state index in [1.54, 1.807) is 13.3 Å². The van der Waals surface area contributed by atoms with Crippen LogP contribution in [0.4, 0.5) is 23.2 Å². The van der Waals surface area contributed by atoms with Crippen LogP contribution in [0.5, 0.6) is 0 Å². The summed E-state index contributed by atoms with van der Waals surface area (Å²) in [4.78, 5) is 19.2. The number of methoxy groups -OCH3 is 1. The van der Waals surface area contributed by atoms with E-state index in [1.807, 2.05) is 30.5 Å². The van der Waals surface area contributed by atoms with E-state index in [4.69, 9.17) is 4.74 Å². The summed E-state index contributed by atoms with van der Waals surface area (Å²) >= 11 is 0. The number of anilines is 1. The molecule has 2 fully saturated rings. The number of benzene rings is 2. The largest absolute Gasteiger partial charge is 0.369 e. The molecular formula is C41H50F4N4O2. The van der Waals surface area contributed by atoms with Crippen molar-refractivity contribution in [3.8, 4) is 0 Å². The first-order valence-electron chi connectivity index (χ1n) is 17.6. The molecule has 0 radical (unpaired) electrons. The molecule has 274 valence electrons. The summed E-state index contributed by atoms with van der Waals surface area (Å²) in [6, 6.07) is 7.58. The van der Waals surface area contributed by atoms with Gasteiger partial charge in [0.25, 0.3) is 6.43 Å². The number of hydrogen-bond acceptors (Lipinski definition) is 5. The summed E-state index contributed by atoms with van der Waals surface area (Å²) < 4.78 is 59.7. The van der Waals surface area contributed by atoms with E-state index in [0.29, 0.717) is 35.8 Å². The van der Waals surface area contributed by atoms with Gasteiger partial charge in [0.15, 0.2) is 5.43 Å². The minimum atomic E-state index is -2.77. The highest BCUT2D eigenvalue weighted by Crippen LogP contribution is 2.56. The van der Waals surface area contributed by atoms with Crippen LogP contribution in [0.2, 0.25) is 0 Å². The van der Waals surface area contributed by atoms with Gasteiger partial charge >= 0.3 is 0 Å². The lowest BCUT2D eigenvalue weighted by atomic mass is 9.91. The van der Waals surface area contributed by atoms with Gasteiger partial charge in [0, 0.05) is 72.8 Å². The fourth-order valence-corrected chi connectivity index (χ4v) is 7.19. The Morgan fingerprint density at radius 2 is 1.78 bits per heavy atom. The van der Waals surface area contributed by atoms with Crippen molar-refractivity contribution in [3.05, 3.63) is 116 Å². The van der Waals surface area contributed by atoms with Crippen LogP contribution in [0, 0.1) is 18.2 Å². The molecule has 51 heavy (non-hydrogen) atoms. The second-order valence-corrected chi connectivity index (χ2v) is 13.7. The van der Waals surface area contributed by atoms with Gasteiger partial charge in [-0.05, 0) is 81.5 Å². The SMILES string of the molecule is CCC(C)=C(NC(OC)C1(C2=CCC=CC=C2)CC1)c1cn(Cc2ccc(C(F)F)cc2F)c2cc(N3CCN(C)CC3)c(C)cc2c1=O.CF. The van der Waals surface area contributed by atoms with Crippen molar-refractivity contribution in [1.82, 2.24) is 14.8 Å². The van der Waals surface area contributed by atoms with Crippen LogP contribution in [-0.4, -0.2) is 63.2 Å². The molecular weight excluding hydrogens is 656 g/mol. The molecule has 1 saturated carbocycles. The number of alkyl halides is 3. The summed E-state index contributed by atoms with van der Waals surface area (Å²) in [5.41, 5.74) is 5.62. The molecule has 0 amide bonds. The smallest absolute Gasteiger partial charge is 0.263 e. The van der Waals surface area contributed by atoms with Crippen LogP contribution in [0.15, 0.2) is 82.8 Å². The van der Waals surface area contributed by atoms with Crippen molar-refractivity contribution in [2.24, 2.45) is 5.41 Å². The molecule has 10 heteroatoms. The van der Waals surface area contributed by atoms with Gasteiger partial charge in [-0.3, -0.25) is 9.18 Å². The Balaban J connectivity index is 0.00000248. The van der Waals surface area contributed by atoms with E-state index >= 15 is 4.39 Å². The number of fused-ring (bicyclic) bond motifs is 1. The number of nitrogens with one attached hydrogen (secondary N) is 1. The Morgan fingerprint density at radius 1 is 1.06 bits per heavy atom. The summed E-state index contributed by atoms with van der Waals surface area (Å²) in [6.07, 6.45) is 12.7. The summed E-state index contributed by atoms with van der Waals surface area (Å²) in [5, 5.41) is 4.20. The van der Waals surface area contributed by atoms with Gasteiger partial charge in [0.05, 0.1) is 24.8 Å². The van der Waals surface area contributed by atoms with Crippen LogP contribution in [-0.2, 0) is 11.3 Å². The zero-order chi connectivity index (χ0) is 36.9. The maximum absolute atomic E-state index is 15.4. The monoisotopic (exact) mass is 706 g/mol. The molecule has 1 atom stereocenters. The lowest BCUT2D eigenvalue weighted by Crippen LogP contribution is -2.44. The second-order valence-electron chi connectivity index (χ2n) is 13.7. The number of ether oxygens (including phenoxy) is 1. The van der Waals surface area contributed by atoms with Gasteiger partial charge < -0.3 is 24.4 Å². The topological polar surface area (TPSA) is 49.7 Å². The molecule has 1 unspecified atom stereocenters. The van der Waals surface area contributed by atoms with Gasteiger partial charge in [-0.1, -0.05) is 49.4 Å². The van der Waals surface area contributed by atoms with Crippen molar-refractivity contribution in [2.45, 2.75) is 65.7 Å². The number of aromatic nitrogens is 1. The Labute approximate surface area is 298 Å². The number of nitrogens with zero attached hydrogens (tertiary/aromatic N) is 3. The fraction of sp³-hybridized carbons (Fsp3) is 0.439. The third kappa shape index (κ3) is 8.02. The maximum atomic E-state index is 15.4. The average Bonchev–Trinajstić information content (AvgIpc) is 3.97. The van der Waals surface area contributed by atoms with Crippen molar-refractivity contribution < 1.29 is 22.3 Å². The molecule has 6 nitrogen and oxygen atoms in total. The number of pyridine rings is 1. The Bertz CT molecular complexity index is 1900. The van der Waals surface area contributed by atoms with Gasteiger partial charge in [0.1, 0.15) is 12.0 Å². The summed E-state index contributed by atoms with van der Waals surface area (Å²) in [7, 11) is 4.30. The minimum Gasteiger partial charge on any atom is -0.369 e. The molecule has 1 saturated heterocycles. The molecule has 2 aliphatic carbocycles. The van der Waals surface area contributed by atoms with E-state index in [-0.39, 0.29) is 34.7 Å². The van der Waals surface area contributed by atoms with Crippen LogP contribution >= 0.6 is 0 Å². The minimum absolute atomic E-state index is 0.0607. The third-order valence-electron chi connectivity index (χ3n) is 10.5. The number of piperazine rings is 1. The highest BCUT2D eigenvalue weighted by Gasteiger charge is 2.52. The van der Waals surface area contributed by atoms with Crippen molar-refractivity contribution >= 4 is 22.3 Å². The van der Waals surface area contributed by atoms with Gasteiger partial charge in [-0.2, -0.15) is 0 Å². The number of halogens is 4. The number of allylic oxidation sites excluding steroid dienone is 6. The zero-order valence-corrected chi connectivity index (χ0v) is 30.5. The van der Waals surface area contributed by atoms with Gasteiger partial charge in [-0.25, -0.2) is 13.2 Å². The Hall–Kier alpha value is -4.15. The Morgan fingerprint density at radius 3 is 2.41 bits per heavy atom. The van der Waals surface area contributed by atoms with E-state index < -0.39 is 12.2 Å². The lowest BCUT2D eigenvalue weighted by molar-refractivity contribution is 0.0414.